The summed E-state index contributed by atoms with van der Waals surface area (Å²) in [5.41, 5.74) is 4.92. The van der Waals surface area contributed by atoms with Crippen LogP contribution in [0, 0.1) is 23.7 Å². The van der Waals surface area contributed by atoms with Gasteiger partial charge in [-0.05, 0) is 67.0 Å². The Bertz CT molecular complexity index is 2060. The number of imidazole rings is 2. The molecule has 5 rings (SSSR count). The van der Waals surface area contributed by atoms with Crippen molar-refractivity contribution in [2.75, 3.05) is 27.3 Å². The van der Waals surface area contributed by atoms with Gasteiger partial charge < -0.3 is 39.9 Å². The highest BCUT2D eigenvalue weighted by molar-refractivity contribution is 5.87. The number of hydrogen-bond donors (Lipinski definition) is 4. The summed E-state index contributed by atoms with van der Waals surface area (Å²) in [5, 5.41) is 5.34. The van der Waals surface area contributed by atoms with E-state index in [0.29, 0.717) is 31.2 Å². The molecular formula is C41H50N8O6. The molecule has 14 nitrogen and oxygen atoms in total. The third kappa shape index (κ3) is 9.91. The van der Waals surface area contributed by atoms with E-state index in [4.69, 9.17) is 14.5 Å². The minimum atomic E-state index is -0.753. The molecule has 1 aliphatic rings. The molecule has 1 saturated heterocycles. The number of ether oxygens (including phenoxy) is 2. The van der Waals surface area contributed by atoms with Crippen LogP contribution in [0.1, 0.15) is 75.8 Å². The van der Waals surface area contributed by atoms with Crippen molar-refractivity contribution < 1.29 is 28.7 Å². The van der Waals surface area contributed by atoms with Gasteiger partial charge >= 0.3 is 12.2 Å². The highest BCUT2D eigenvalue weighted by atomic mass is 16.5. The van der Waals surface area contributed by atoms with E-state index in [1.54, 1.807) is 22.1 Å². The molecule has 0 spiro atoms. The second-order valence-electron chi connectivity index (χ2n) is 14.2. The predicted octanol–water partition coefficient (Wildman–Crippen LogP) is 5.68. The quantitative estimate of drug-likeness (QED) is 0.0997. The molecule has 4 aromatic rings. The lowest BCUT2D eigenvalue weighted by molar-refractivity contribution is -0.136. The molecule has 55 heavy (non-hydrogen) atoms. The van der Waals surface area contributed by atoms with Crippen LogP contribution in [-0.2, 0) is 25.6 Å². The Morgan fingerprint density at radius 1 is 0.964 bits per heavy atom. The number of likely N-dealkylation sites (tertiary alicyclic amines) is 1. The van der Waals surface area contributed by atoms with E-state index in [9.17, 15) is 19.2 Å². The molecule has 1 fully saturated rings. The van der Waals surface area contributed by atoms with Crippen LogP contribution in [0.15, 0.2) is 61.3 Å². The molecule has 290 valence electrons. The van der Waals surface area contributed by atoms with Crippen molar-refractivity contribution >= 4 is 35.0 Å². The summed E-state index contributed by atoms with van der Waals surface area (Å²) in [6.45, 7) is 12.5. The fourth-order valence-corrected chi connectivity index (χ4v) is 6.53. The van der Waals surface area contributed by atoms with Gasteiger partial charge in [0.05, 0.1) is 49.7 Å². The summed E-state index contributed by atoms with van der Waals surface area (Å²) >= 11 is 0. The maximum absolute atomic E-state index is 13.5. The highest BCUT2D eigenvalue weighted by Crippen LogP contribution is 2.33. The molecular weight excluding hydrogens is 701 g/mol. The molecule has 0 aliphatic carbocycles. The van der Waals surface area contributed by atoms with Crippen LogP contribution in [0.25, 0.3) is 22.3 Å². The maximum atomic E-state index is 13.5. The number of aromatic nitrogens is 4. The average Bonchev–Trinajstić information content (AvgIpc) is 3.96. The van der Waals surface area contributed by atoms with E-state index >= 15 is 0 Å². The topological polar surface area (TPSA) is 175 Å². The van der Waals surface area contributed by atoms with Crippen LogP contribution in [-0.4, -0.2) is 93.1 Å². The Kier molecular flexibility index (Phi) is 13.3. The molecule has 0 bridgehead atoms. The van der Waals surface area contributed by atoms with Gasteiger partial charge in [-0.2, -0.15) is 0 Å². The second-order valence-corrected chi connectivity index (χ2v) is 14.2. The standard InChI is InChI=1S/C41H50N8O6/c1-8-9-20-48(38(50)35(25(2)3)46-40(52)54-6)24-34-43-30-19-16-28(22-31(30)44-34)13-12-27-14-17-29(18-15-27)32-23-42-37(45-32)33-11-10-21-49(33)39(51)36(26(4)5)47-41(53)55-7/h8,14-19,22-23,25-26,33,35-36H,1,9-11,20-21,24H2,2-7H3,(H,42,45)(H,43,44)(H,46,52)(H,47,53)/t33-,35-,36-/m0/s1. The van der Waals surface area contributed by atoms with E-state index in [2.05, 4.69) is 44.0 Å². The number of nitrogens with one attached hydrogen (secondary N) is 4. The van der Waals surface area contributed by atoms with Crippen molar-refractivity contribution in [3.05, 3.63) is 84.1 Å². The van der Waals surface area contributed by atoms with E-state index in [1.807, 2.05) is 70.2 Å². The third-order valence-electron chi connectivity index (χ3n) is 9.56. The van der Waals surface area contributed by atoms with E-state index in [-0.39, 0.29) is 36.2 Å². The lowest BCUT2D eigenvalue weighted by Gasteiger charge is -2.30. The molecule has 2 aromatic carbocycles. The molecule has 14 heteroatoms. The summed E-state index contributed by atoms with van der Waals surface area (Å²) in [4.78, 5) is 70.4. The lowest BCUT2D eigenvalue weighted by Crippen LogP contribution is -2.51. The number of hydrogen-bond acceptors (Lipinski definition) is 8. The SMILES string of the molecule is C=CCCN(Cc1nc2ccc(C#Cc3ccc(-c4cnc([C@@H]5CCCN5C(=O)[C@@H](NC(=O)OC)C(C)C)[nH]4)cc3)cc2[nH]1)C(=O)[C@@H](NC(=O)OC)C(C)C. The van der Waals surface area contributed by atoms with Crippen LogP contribution >= 0.6 is 0 Å². The monoisotopic (exact) mass is 750 g/mol. The van der Waals surface area contributed by atoms with Gasteiger partial charge in [-0.1, -0.05) is 57.7 Å². The predicted molar refractivity (Wildman–Crippen MR) is 208 cm³/mol. The first-order chi connectivity index (χ1) is 26.4. The van der Waals surface area contributed by atoms with Crippen LogP contribution in [0.5, 0.6) is 0 Å². The molecule has 0 radical (unpaired) electrons. The van der Waals surface area contributed by atoms with Gasteiger partial charge in [0.1, 0.15) is 23.7 Å². The Morgan fingerprint density at radius 2 is 1.62 bits per heavy atom. The van der Waals surface area contributed by atoms with Gasteiger partial charge in [-0.25, -0.2) is 19.6 Å². The zero-order valence-electron chi connectivity index (χ0n) is 32.3. The van der Waals surface area contributed by atoms with Gasteiger partial charge in [-0.3, -0.25) is 9.59 Å². The zero-order valence-corrected chi connectivity index (χ0v) is 32.3. The van der Waals surface area contributed by atoms with E-state index < -0.39 is 24.3 Å². The molecule has 0 unspecified atom stereocenters. The van der Waals surface area contributed by atoms with E-state index in [1.165, 1.54) is 14.2 Å². The van der Waals surface area contributed by atoms with Crippen LogP contribution in [0.3, 0.4) is 0 Å². The van der Waals surface area contributed by atoms with Crippen molar-refractivity contribution in [2.24, 2.45) is 11.8 Å². The first-order valence-corrected chi connectivity index (χ1v) is 18.5. The first-order valence-electron chi connectivity index (χ1n) is 18.5. The number of benzene rings is 2. The molecule has 1 aliphatic heterocycles. The smallest absolute Gasteiger partial charge is 0.407 e. The normalized spacial score (nSPS) is 14.9. The van der Waals surface area contributed by atoms with Crippen molar-refractivity contribution in [2.45, 2.75) is 71.6 Å². The number of carbonyl (C=O) groups excluding carboxylic acids is 4. The Labute approximate surface area is 321 Å². The molecule has 0 saturated carbocycles. The number of carbonyl (C=O) groups is 4. The van der Waals surface area contributed by atoms with Crippen LogP contribution in [0.2, 0.25) is 0 Å². The van der Waals surface area contributed by atoms with Crippen molar-refractivity contribution in [1.29, 1.82) is 0 Å². The summed E-state index contributed by atoms with van der Waals surface area (Å²) in [7, 11) is 2.55. The van der Waals surface area contributed by atoms with E-state index in [0.717, 1.165) is 46.3 Å². The fourth-order valence-electron chi connectivity index (χ4n) is 6.53. The van der Waals surface area contributed by atoms with Crippen LogP contribution < -0.4 is 10.6 Å². The average molecular weight is 751 g/mol. The Morgan fingerprint density at radius 3 is 2.27 bits per heavy atom. The maximum Gasteiger partial charge on any atom is 0.407 e. The fraction of sp³-hybridized carbons (Fsp3) is 0.415. The number of H-pyrrole nitrogens is 2. The van der Waals surface area contributed by atoms with Gasteiger partial charge in [0.25, 0.3) is 0 Å². The number of fused-ring (bicyclic) bond motifs is 1. The minimum Gasteiger partial charge on any atom is -0.453 e. The van der Waals surface area contributed by atoms with Crippen LogP contribution in [0.4, 0.5) is 9.59 Å². The molecule has 3 heterocycles. The zero-order chi connectivity index (χ0) is 39.6. The number of amides is 4. The van der Waals surface area contributed by atoms with Gasteiger partial charge in [-0.15, -0.1) is 6.58 Å². The lowest BCUT2D eigenvalue weighted by atomic mass is 10.0. The summed E-state index contributed by atoms with van der Waals surface area (Å²) < 4.78 is 9.48. The van der Waals surface area contributed by atoms with Gasteiger partial charge in [0, 0.05) is 24.2 Å². The molecule has 3 atom stereocenters. The summed E-state index contributed by atoms with van der Waals surface area (Å²) in [6.07, 6.45) is 4.41. The first kappa shape index (κ1) is 40.1. The summed E-state index contributed by atoms with van der Waals surface area (Å²) in [5.74, 6) is 7.12. The highest BCUT2D eigenvalue weighted by Gasteiger charge is 2.37. The second kappa shape index (κ2) is 18.3. The Balaban J connectivity index is 1.26. The van der Waals surface area contributed by atoms with Crippen molar-refractivity contribution in [1.82, 2.24) is 40.4 Å². The van der Waals surface area contributed by atoms with Gasteiger partial charge in [0.2, 0.25) is 11.8 Å². The largest absolute Gasteiger partial charge is 0.453 e. The van der Waals surface area contributed by atoms with Crippen molar-refractivity contribution in [3.63, 3.8) is 0 Å². The number of aromatic amines is 2. The minimum absolute atomic E-state index is 0.113. The Hall–Kier alpha value is -6.10. The van der Waals surface area contributed by atoms with Gasteiger partial charge in [0.15, 0.2) is 0 Å². The van der Waals surface area contributed by atoms with Crippen molar-refractivity contribution in [3.8, 4) is 23.1 Å². The third-order valence-corrected chi connectivity index (χ3v) is 9.56. The number of alkyl carbamates (subject to hydrolysis) is 2. The molecule has 4 N–H and O–H groups in total. The number of nitrogens with zero attached hydrogens (tertiary/aromatic N) is 4. The number of methoxy groups -OCH3 is 2. The summed E-state index contributed by atoms with van der Waals surface area (Å²) in [6, 6.07) is 11.9. The molecule has 2 aromatic heterocycles. The number of rotatable bonds is 13. The molecule has 4 amide bonds.